The summed E-state index contributed by atoms with van der Waals surface area (Å²) in [4.78, 5) is 8.05. The lowest BCUT2D eigenvalue weighted by atomic mass is 9.96. The van der Waals surface area contributed by atoms with Crippen LogP contribution in [-0.2, 0) is 25.8 Å². The van der Waals surface area contributed by atoms with Crippen LogP contribution in [0.1, 0.15) is 35.0 Å². The van der Waals surface area contributed by atoms with Crippen LogP contribution < -0.4 is 10.1 Å². The lowest BCUT2D eigenvalue weighted by Gasteiger charge is -2.20. The Morgan fingerprint density at radius 3 is 2.84 bits per heavy atom. The molecule has 1 unspecified atom stereocenters. The molecular weight excluding hydrogens is 310 g/mol. The number of aromatic nitrogens is 2. The minimum atomic E-state index is 0.508. The van der Waals surface area contributed by atoms with Gasteiger partial charge >= 0.3 is 0 Å². The van der Waals surface area contributed by atoms with Crippen molar-refractivity contribution in [3.05, 3.63) is 58.5 Å². The molecule has 0 fully saturated rings. The average molecular weight is 335 g/mol. The normalized spacial score (nSPS) is 16.8. The van der Waals surface area contributed by atoms with Gasteiger partial charge in [0, 0.05) is 42.0 Å². The van der Waals surface area contributed by atoms with E-state index in [0.29, 0.717) is 6.04 Å². The Bertz CT molecular complexity index is 896. The number of benzene rings is 1. The molecule has 0 saturated carbocycles. The van der Waals surface area contributed by atoms with Crippen LogP contribution >= 0.6 is 0 Å². The lowest BCUT2D eigenvalue weighted by Crippen LogP contribution is -2.32. The zero-order valence-corrected chi connectivity index (χ0v) is 15.1. The van der Waals surface area contributed by atoms with E-state index in [2.05, 4.69) is 46.5 Å². The summed E-state index contributed by atoms with van der Waals surface area (Å²) in [5.41, 5.74) is 7.63. The highest BCUT2D eigenvalue weighted by atomic mass is 16.5. The molecule has 0 amide bonds. The molecule has 1 aromatic carbocycles. The standard InChI is InChI=1S/C21H25N3O/c1-13-4-5-15(11-22-13)6-7-16-8-9-19(25-3)21-20(16)17-12-23-14(2)10-18(17)24-21/h4-5,8-9,11,14,23-24H,6-7,10,12H2,1-3H3. The average Bonchev–Trinajstić information content (AvgIpc) is 2.99. The fourth-order valence-electron chi connectivity index (χ4n) is 3.80. The van der Waals surface area contributed by atoms with Crippen molar-refractivity contribution >= 4 is 10.9 Å². The van der Waals surface area contributed by atoms with E-state index in [1.165, 1.54) is 27.8 Å². The van der Waals surface area contributed by atoms with E-state index < -0.39 is 0 Å². The van der Waals surface area contributed by atoms with E-state index in [9.17, 15) is 0 Å². The number of nitrogens with one attached hydrogen (secondary N) is 2. The monoisotopic (exact) mass is 335 g/mol. The molecule has 0 spiro atoms. The zero-order valence-electron chi connectivity index (χ0n) is 15.1. The van der Waals surface area contributed by atoms with Crippen molar-refractivity contribution in [2.24, 2.45) is 0 Å². The SMILES string of the molecule is COc1ccc(CCc2ccc(C)nc2)c2c3c([nH]c12)CC(C)NC3. The second-order valence-electron chi connectivity index (χ2n) is 7.05. The van der Waals surface area contributed by atoms with Gasteiger partial charge in [-0.2, -0.15) is 0 Å². The molecule has 25 heavy (non-hydrogen) atoms. The number of hydrogen-bond acceptors (Lipinski definition) is 3. The third-order valence-corrected chi connectivity index (χ3v) is 5.21. The van der Waals surface area contributed by atoms with Crippen molar-refractivity contribution < 1.29 is 4.74 Å². The predicted molar refractivity (Wildman–Crippen MR) is 101 cm³/mol. The molecule has 4 heteroatoms. The van der Waals surface area contributed by atoms with E-state index >= 15 is 0 Å². The molecule has 1 aliphatic heterocycles. The molecule has 2 aromatic heterocycles. The topological polar surface area (TPSA) is 49.9 Å². The van der Waals surface area contributed by atoms with Gasteiger partial charge in [-0.15, -0.1) is 0 Å². The molecule has 1 aliphatic rings. The van der Waals surface area contributed by atoms with Crippen molar-refractivity contribution in [3.63, 3.8) is 0 Å². The minimum Gasteiger partial charge on any atom is -0.495 e. The molecular formula is C21H25N3O. The quantitative estimate of drug-likeness (QED) is 0.764. The summed E-state index contributed by atoms with van der Waals surface area (Å²) in [6.07, 6.45) is 5.03. The number of aromatic amines is 1. The van der Waals surface area contributed by atoms with Crippen LogP contribution in [0.3, 0.4) is 0 Å². The van der Waals surface area contributed by atoms with Gasteiger partial charge in [0.1, 0.15) is 5.75 Å². The fraction of sp³-hybridized carbons (Fsp3) is 0.381. The van der Waals surface area contributed by atoms with Crippen LogP contribution in [0.2, 0.25) is 0 Å². The van der Waals surface area contributed by atoms with Gasteiger partial charge in [-0.25, -0.2) is 0 Å². The van der Waals surface area contributed by atoms with Crippen molar-refractivity contribution in [1.82, 2.24) is 15.3 Å². The number of H-pyrrole nitrogens is 1. The molecule has 0 aliphatic carbocycles. The summed E-state index contributed by atoms with van der Waals surface area (Å²) in [5, 5.41) is 4.93. The Morgan fingerprint density at radius 2 is 2.08 bits per heavy atom. The van der Waals surface area contributed by atoms with Gasteiger partial charge in [-0.3, -0.25) is 4.98 Å². The number of hydrogen-bond donors (Lipinski definition) is 2. The maximum absolute atomic E-state index is 5.60. The molecule has 0 saturated heterocycles. The van der Waals surface area contributed by atoms with Crippen LogP contribution in [0.25, 0.3) is 10.9 Å². The number of aryl methyl sites for hydroxylation is 3. The zero-order chi connectivity index (χ0) is 17.4. The first-order valence-electron chi connectivity index (χ1n) is 9.00. The minimum absolute atomic E-state index is 0.508. The van der Waals surface area contributed by atoms with Crippen molar-refractivity contribution in [1.29, 1.82) is 0 Å². The van der Waals surface area contributed by atoms with E-state index in [4.69, 9.17) is 4.74 Å². The van der Waals surface area contributed by atoms with Gasteiger partial charge in [-0.05, 0) is 55.5 Å². The van der Waals surface area contributed by atoms with Gasteiger partial charge in [0.05, 0.1) is 12.6 Å². The molecule has 3 aromatic rings. The molecule has 3 heterocycles. The Morgan fingerprint density at radius 1 is 1.20 bits per heavy atom. The number of ether oxygens (including phenoxy) is 1. The summed E-state index contributed by atoms with van der Waals surface area (Å²) >= 11 is 0. The lowest BCUT2D eigenvalue weighted by molar-refractivity contribution is 0.419. The van der Waals surface area contributed by atoms with Crippen LogP contribution in [0.4, 0.5) is 0 Å². The van der Waals surface area contributed by atoms with Gasteiger partial charge in [0.25, 0.3) is 0 Å². The smallest absolute Gasteiger partial charge is 0.142 e. The summed E-state index contributed by atoms with van der Waals surface area (Å²) < 4.78 is 5.60. The molecule has 1 atom stereocenters. The maximum atomic E-state index is 5.60. The third-order valence-electron chi connectivity index (χ3n) is 5.21. The third kappa shape index (κ3) is 3.02. The van der Waals surface area contributed by atoms with Gasteiger partial charge < -0.3 is 15.0 Å². The van der Waals surface area contributed by atoms with Gasteiger partial charge in [0.15, 0.2) is 0 Å². The first-order chi connectivity index (χ1) is 12.2. The molecule has 0 bridgehead atoms. The highest BCUT2D eigenvalue weighted by Crippen LogP contribution is 2.35. The second kappa shape index (κ2) is 6.52. The second-order valence-corrected chi connectivity index (χ2v) is 7.05. The van der Waals surface area contributed by atoms with Gasteiger partial charge in [-0.1, -0.05) is 12.1 Å². The number of nitrogens with zero attached hydrogens (tertiary/aromatic N) is 1. The highest BCUT2D eigenvalue weighted by Gasteiger charge is 2.22. The number of fused-ring (bicyclic) bond motifs is 3. The van der Waals surface area contributed by atoms with Crippen molar-refractivity contribution in [2.45, 2.75) is 45.7 Å². The Balaban J connectivity index is 1.72. The van der Waals surface area contributed by atoms with E-state index in [1.54, 1.807) is 7.11 Å². The largest absolute Gasteiger partial charge is 0.495 e. The van der Waals surface area contributed by atoms with Gasteiger partial charge in [0.2, 0.25) is 0 Å². The van der Waals surface area contributed by atoms with E-state index in [1.807, 2.05) is 13.1 Å². The summed E-state index contributed by atoms with van der Waals surface area (Å²) in [6, 6.07) is 9.08. The summed E-state index contributed by atoms with van der Waals surface area (Å²) in [5.74, 6) is 0.929. The van der Waals surface area contributed by atoms with E-state index in [-0.39, 0.29) is 0 Å². The summed E-state index contributed by atoms with van der Waals surface area (Å²) in [7, 11) is 1.74. The molecule has 4 rings (SSSR count). The fourth-order valence-corrected chi connectivity index (χ4v) is 3.80. The van der Waals surface area contributed by atoms with Crippen LogP contribution in [0.15, 0.2) is 30.5 Å². The highest BCUT2D eigenvalue weighted by molar-refractivity contribution is 5.92. The number of rotatable bonds is 4. The van der Waals surface area contributed by atoms with Crippen molar-refractivity contribution in [3.8, 4) is 5.75 Å². The number of methoxy groups -OCH3 is 1. The van der Waals surface area contributed by atoms with Crippen LogP contribution in [-0.4, -0.2) is 23.1 Å². The summed E-state index contributed by atoms with van der Waals surface area (Å²) in [6.45, 7) is 5.18. The molecule has 0 radical (unpaired) electrons. The molecule has 4 nitrogen and oxygen atoms in total. The Kier molecular flexibility index (Phi) is 4.22. The Labute approximate surface area is 148 Å². The molecule has 2 N–H and O–H groups in total. The van der Waals surface area contributed by atoms with Crippen LogP contribution in [0, 0.1) is 6.92 Å². The first kappa shape index (κ1) is 16.2. The molecule has 130 valence electrons. The predicted octanol–water partition coefficient (Wildman–Crippen LogP) is 3.70. The maximum Gasteiger partial charge on any atom is 0.142 e. The Hall–Kier alpha value is -2.33. The first-order valence-corrected chi connectivity index (χ1v) is 9.00. The van der Waals surface area contributed by atoms with E-state index in [0.717, 1.165) is 42.8 Å². The van der Waals surface area contributed by atoms with Crippen molar-refractivity contribution in [2.75, 3.05) is 7.11 Å². The number of pyridine rings is 1. The van der Waals surface area contributed by atoms with Crippen LogP contribution in [0.5, 0.6) is 5.75 Å².